The predicted molar refractivity (Wildman–Crippen MR) is 96.4 cm³/mol. The Kier molecular flexibility index (Phi) is 4.37. The summed E-state index contributed by atoms with van der Waals surface area (Å²) in [5.74, 6) is 0.280. The van der Waals surface area contributed by atoms with Crippen LogP contribution in [0.5, 0.6) is 11.5 Å². The molecule has 2 atom stereocenters. The highest BCUT2D eigenvalue weighted by Crippen LogP contribution is 2.37. The van der Waals surface area contributed by atoms with Crippen molar-refractivity contribution in [2.45, 2.75) is 18.9 Å². The number of carbonyl (C=O) groups excluding carboxylic acids is 3. The van der Waals surface area contributed by atoms with E-state index in [1.54, 1.807) is 23.1 Å². The second kappa shape index (κ2) is 6.72. The van der Waals surface area contributed by atoms with E-state index in [4.69, 9.17) is 9.47 Å². The molecule has 3 aliphatic rings. The summed E-state index contributed by atoms with van der Waals surface area (Å²) in [4.78, 5) is 41.1. The predicted octanol–water partition coefficient (Wildman–Crippen LogP) is 1.48. The lowest BCUT2D eigenvalue weighted by molar-refractivity contribution is -0.145. The first-order valence-electron chi connectivity index (χ1n) is 9.07. The number of carbonyl (C=O) groups is 3. The fourth-order valence-corrected chi connectivity index (χ4v) is 4.08. The molecule has 2 heterocycles. The summed E-state index contributed by atoms with van der Waals surface area (Å²) in [5.41, 5.74) is 0.460. The summed E-state index contributed by atoms with van der Waals surface area (Å²) < 4.78 is 10.4. The molecule has 0 spiro atoms. The van der Waals surface area contributed by atoms with Crippen LogP contribution in [0.3, 0.4) is 0 Å². The zero-order valence-electron chi connectivity index (χ0n) is 15.4. The number of allylic oxidation sites excluding steroid dienone is 2. The zero-order valence-corrected chi connectivity index (χ0v) is 15.4. The fourth-order valence-electron chi connectivity index (χ4n) is 4.08. The molecule has 2 saturated heterocycles. The van der Waals surface area contributed by atoms with Crippen LogP contribution in [0.4, 0.5) is 0 Å². The van der Waals surface area contributed by atoms with Crippen molar-refractivity contribution >= 4 is 17.7 Å². The number of amides is 3. The molecule has 1 aliphatic carbocycles. The molecule has 3 amide bonds. The summed E-state index contributed by atoms with van der Waals surface area (Å²) in [6, 6.07) is 4.79. The SMILES string of the molecule is COc1cc(OC)cc(C(=O)N2CC(N3C(=O)C4CC=CCC4C3=O)C2)c1. The van der Waals surface area contributed by atoms with Gasteiger partial charge in [-0.3, -0.25) is 19.3 Å². The topological polar surface area (TPSA) is 76.2 Å². The number of hydrogen-bond donors (Lipinski definition) is 0. The van der Waals surface area contributed by atoms with Gasteiger partial charge in [0.2, 0.25) is 11.8 Å². The molecule has 2 unspecified atom stereocenters. The standard InChI is InChI=1S/C20H22N2O5/c1-26-14-7-12(8-15(9-14)27-2)18(23)21-10-13(11-21)22-19(24)16-5-3-4-6-17(16)20(22)25/h3-4,7-9,13,16-17H,5-6,10-11H2,1-2H3. The van der Waals surface area contributed by atoms with Crippen molar-refractivity contribution in [2.24, 2.45) is 11.8 Å². The molecular formula is C20H22N2O5. The minimum atomic E-state index is -0.230. The van der Waals surface area contributed by atoms with Crippen LogP contribution in [0, 0.1) is 11.8 Å². The van der Waals surface area contributed by atoms with Crippen molar-refractivity contribution in [3.05, 3.63) is 35.9 Å². The lowest BCUT2D eigenvalue weighted by Gasteiger charge is -2.43. The summed E-state index contributed by atoms with van der Waals surface area (Å²) in [6.45, 7) is 0.728. The van der Waals surface area contributed by atoms with E-state index in [-0.39, 0.29) is 35.6 Å². The molecule has 1 aromatic carbocycles. The molecule has 2 aliphatic heterocycles. The number of methoxy groups -OCH3 is 2. The van der Waals surface area contributed by atoms with Gasteiger partial charge in [0.05, 0.1) is 32.1 Å². The van der Waals surface area contributed by atoms with Crippen LogP contribution in [-0.4, -0.2) is 60.9 Å². The highest BCUT2D eigenvalue weighted by molar-refractivity contribution is 6.06. The number of nitrogens with zero attached hydrogens (tertiary/aromatic N) is 2. The molecular weight excluding hydrogens is 348 g/mol. The van der Waals surface area contributed by atoms with Crippen molar-refractivity contribution < 1.29 is 23.9 Å². The number of imide groups is 1. The molecule has 0 N–H and O–H groups in total. The number of benzene rings is 1. The van der Waals surface area contributed by atoms with Crippen molar-refractivity contribution in [3.63, 3.8) is 0 Å². The van der Waals surface area contributed by atoms with Gasteiger partial charge < -0.3 is 14.4 Å². The molecule has 27 heavy (non-hydrogen) atoms. The Morgan fingerprint density at radius 2 is 1.44 bits per heavy atom. The Labute approximate surface area is 157 Å². The minimum absolute atomic E-state index is 0.0884. The van der Waals surface area contributed by atoms with E-state index in [1.807, 2.05) is 12.2 Å². The van der Waals surface area contributed by atoms with Gasteiger partial charge >= 0.3 is 0 Å². The van der Waals surface area contributed by atoms with Gasteiger partial charge in [-0.15, -0.1) is 0 Å². The quantitative estimate of drug-likeness (QED) is 0.593. The van der Waals surface area contributed by atoms with Crippen LogP contribution in [0.2, 0.25) is 0 Å². The highest BCUT2D eigenvalue weighted by atomic mass is 16.5. The van der Waals surface area contributed by atoms with Gasteiger partial charge in [0.15, 0.2) is 0 Å². The molecule has 7 heteroatoms. The van der Waals surface area contributed by atoms with E-state index in [0.29, 0.717) is 43.0 Å². The third kappa shape index (κ3) is 2.87. The molecule has 142 valence electrons. The van der Waals surface area contributed by atoms with Crippen molar-refractivity contribution in [1.29, 1.82) is 0 Å². The smallest absolute Gasteiger partial charge is 0.254 e. The number of hydrogen-bond acceptors (Lipinski definition) is 5. The van der Waals surface area contributed by atoms with Crippen LogP contribution in [0.1, 0.15) is 23.2 Å². The second-order valence-electron chi connectivity index (χ2n) is 7.17. The van der Waals surface area contributed by atoms with E-state index in [9.17, 15) is 14.4 Å². The van der Waals surface area contributed by atoms with E-state index in [2.05, 4.69) is 0 Å². The van der Waals surface area contributed by atoms with Crippen LogP contribution in [0.15, 0.2) is 30.4 Å². The monoisotopic (exact) mass is 370 g/mol. The first-order valence-corrected chi connectivity index (χ1v) is 9.07. The Bertz CT molecular complexity index is 779. The van der Waals surface area contributed by atoms with Crippen molar-refractivity contribution in [2.75, 3.05) is 27.3 Å². The largest absolute Gasteiger partial charge is 0.497 e. The summed E-state index contributed by atoms with van der Waals surface area (Å²) in [7, 11) is 3.06. The van der Waals surface area contributed by atoms with Gasteiger partial charge in [0.25, 0.3) is 5.91 Å². The number of likely N-dealkylation sites (tertiary alicyclic amines) is 2. The lowest BCUT2D eigenvalue weighted by atomic mass is 9.85. The van der Waals surface area contributed by atoms with Gasteiger partial charge in [0.1, 0.15) is 11.5 Å². The van der Waals surface area contributed by atoms with Crippen LogP contribution in [-0.2, 0) is 9.59 Å². The summed E-state index contributed by atoms with van der Waals surface area (Å²) in [6.07, 6.45) is 5.21. The molecule has 0 saturated carbocycles. The third-order valence-electron chi connectivity index (χ3n) is 5.65. The maximum Gasteiger partial charge on any atom is 0.254 e. The van der Waals surface area contributed by atoms with Gasteiger partial charge in [-0.2, -0.15) is 0 Å². The Hall–Kier alpha value is -2.83. The van der Waals surface area contributed by atoms with Crippen LogP contribution in [0.25, 0.3) is 0 Å². The second-order valence-corrected chi connectivity index (χ2v) is 7.17. The van der Waals surface area contributed by atoms with Crippen molar-refractivity contribution in [3.8, 4) is 11.5 Å². The van der Waals surface area contributed by atoms with E-state index in [0.717, 1.165) is 0 Å². The molecule has 0 bridgehead atoms. The Morgan fingerprint density at radius 3 is 1.93 bits per heavy atom. The number of fused-ring (bicyclic) bond motifs is 1. The van der Waals surface area contributed by atoms with Gasteiger partial charge in [0, 0.05) is 24.7 Å². The zero-order chi connectivity index (χ0) is 19.1. The molecule has 4 rings (SSSR count). The first kappa shape index (κ1) is 17.6. The van der Waals surface area contributed by atoms with Crippen molar-refractivity contribution in [1.82, 2.24) is 9.80 Å². The molecule has 2 fully saturated rings. The molecule has 0 aromatic heterocycles. The van der Waals surface area contributed by atoms with E-state index >= 15 is 0 Å². The Balaban J connectivity index is 1.45. The third-order valence-corrected chi connectivity index (χ3v) is 5.65. The van der Waals surface area contributed by atoms with Gasteiger partial charge in [-0.25, -0.2) is 0 Å². The Morgan fingerprint density at radius 1 is 0.926 bits per heavy atom. The average molecular weight is 370 g/mol. The van der Waals surface area contributed by atoms with Crippen LogP contribution >= 0.6 is 0 Å². The molecule has 1 aromatic rings. The number of ether oxygens (including phenoxy) is 2. The van der Waals surface area contributed by atoms with Gasteiger partial charge in [-0.05, 0) is 25.0 Å². The fraction of sp³-hybridized carbons (Fsp3) is 0.450. The average Bonchev–Trinajstić information content (AvgIpc) is 2.91. The van der Waals surface area contributed by atoms with E-state index < -0.39 is 0 Å². The summed E-state index contributed by atoms with van der Waals surface area (Å²) >= 11 is 0. The normalized spacial score (nSPS) is 24.7. The van der Waals surface area contributed by atoms with Crippen LogP contribution < -0.4 is 9.47 Å². The maximum absolute atomic E-state index is 12.8. The van der Waals surface area contributed by atoms with Gasteiger partial charge in [-0.1, -0.05) is 12.2 Å². The highest BCUT2D eigenvalue weighted by Gasteiger charge is 2.52. The summed E-state index contributed by atoms with van der Waals surface area (Å²) in [5, 5.41) is 0. The van der Waals surface area contributed by atoms with E-state index in [1.165, 1.54) is 19.1 Å². The minimum Gasteiger partial charge on any atom is -0.497 e. The maximum atomic E-state index is 12.8. The first-order chi connectivity index (χ1) is 13.0. The number of rotatable bonds is 4. The lowest BCUT2D eigenvalue weighted by Crippen LogP contribution is -2.62. The molecule has 7 nitrogen and oxygen atoms in total. The molecule has 0 radical (unpaired) electrons.